The maximum absolute atomic E-state index is 5.43. The molecule has 3 heteroatoms. The number of rotatable bonds is 2. The summed E-state index contributed by atoms with van der Waals surface area (Å²) < 4.78 is 10.7. The fourth-order valence-electron chi connectivity index (χ4n) is 2.08. The maximum Gasteiger partial charge on any atom is 0.164 e. The van der Waals surface area contributed by atoms with E-state index in [2.05, 4.69) is 18.3 Å². The third-order valence-corrected chi connectivity index (χ3v) is 2.90. The molecule has 1 aliphatic heterocycles. The van der Waals surface area contributed by atoms with Gasteiger partial charge in [0.1, 0.15) is 0 Å². The molecule has 0 spiro atoms. The molecule has 1 N–H and O–H groups in total. The largest absolute Gasteiger partial charge is 0.493 e. The Bertz CT molecular complexity index is 363. The van der Waals surface area contributed by atoms with Gasteiger partial charge in [-0.15, -0.1) is 0 Å². The van der Waals surface area contributed by atoms with Crippen molar-refractivity contribution >= 4 is 0 Å². The zero-order chi connectivity index (χ0) is 10.8. The third-order valence-electron chi connectivity index (χ3n) is 2.90. The Morgan fingerprint density at radius 1 is 1.27 bits per heavy atom. The van der Waals surface area contributed by atoms with Crippen LogP contribution in [0.3, 0.4) is 0 Å². The molecule has 1 aliphatic rings. The second-order valence-corrected chi connectivity index (χ2v) is 3.92. The Balaban J connectivity index is 2.48. The highest BCUT2D eigenvalue weighted by Gasteiger charge is 2.20. The summed E-state index contributed by atoms with van der Waals surface area (Å²) in [6.45, 7) is 3.10. The van der Waals surface area contributed by atoms with Crippen LogP contribution in [0.2, 0.25) is 0 Å². The summed E-state index contributed by atoms with van der Waals surface area (Å²) in [5.74, 6) is 1.72. The second kappa shape index (κ2) is 4.11. The lowest BCUT2D eigenvalue weighted by Gasteiger charge is -2.25. The van der Waals surface area contributed by atoms with Gasteiger partial charge in [-0.25, -0.2) is 0 Å². The quantitative estimate of drug-likeness (QED) is 0.801. The molecule has 0 saturated heterocycles. The normalized spacial score (nSPS) is 19.5. The first-order chi connectivity index (χ1) is 7.26. The summed E-state index contributed by atoms with van der Waals surface area (Å²) in [7, 11) is 3.37. The minimum atomic E-state index is 0.499. The van der Waals surface area contributed by atoms with Gasteiger partial charge in [0.25, 0.3) is 0 Å². The molecule has 1 aromatic rings. The summed E-state index contributed by atoms with van der Waals surface area (Å²) in [5, 5.41) is 3.43. The van der Waals surface area contributed by atoms with Crippen molar-refractivity contribution in [2.24, 2.45) is 0 Å². The zero-order valence-electron chi connectivity index (χ0n) is 9.46. The van der Waals surface area contributed by atoms with Crippen LogP contribution in [0.25, 0.3) is 0 Å². The van der Waals surface area contributed by atoms with Crippen LogP contribution in [-0.2, 0) is 13.0 Å². The van der Waals surface area contributed by atoms with Gasteiger partial charge in [0.05, 0.1) is 14.2 Å². The molecule has 0 saturated carbocycles. The maximum atomic E-state index is 5.43. The van der Waals surface area contributed by atoms with Crippen molar-refractivity contribution in [2.75, 3.05) is 14.2 Å². The van der Waals surface area contributed by atoms with Gasteiger partial charge in [-0.2, -0.15) is 0 Å². The number of methoxy groups -OCH3 is 2. The summed E-state index contributed by atoms with van der Waals surface area (Å²) >= 11 is 0. The Labute approximate surface area is 90.4 Å². The molecule has 1 heterocycles. The van der Waals surface area contributed by atoms with E-state index in [1.165, 1.54) is 11.1 Å². The highest BCUT2D eigenvalue weighted by Crippen LogP contribution is 2.35. The van der Waals surface area contributed by atoms with Crippen LogP contribution in [-0.4, -0.2) is 20.3 Å². The molecule has 0 radical (unpaired) electrons. The molecule has 82 valence electrons. The molecule has 0 amide bonds. The summed E-state index contributed by atoms with van der Waals surface area (Å²) in [6.07, 6.45) is 0.996. The SMILES string of the molecule is COc1ccc2c(c1OC)CC(C)NC2. The summed E-state index contributed by atoms with van der Waals surface area (Å²) in [6, 6.07) is 4.57. The van der Waals surface area contributed by atoms with Crippen molar-refractivity contribution in [3.8, 4) is 11.5 Å². The Morgan fingerprint density at radius 3 is 2.73 bits per heavy atom. The van der Waals surface area contributed by atoms with E-state index >= 15 is 0 Å². The van der Waals surface area contributed by atoms with E-state index in [0.29, 0.717) is 6.04 Å². The van der Waals surface area contributed by atoms with Crippen molar-refractivity contribution in [1.82, 2.24) is 5.32 Å². The first kappa shape index (κ1) is 10.3. The van der Waals surface area contributed by atoms with Crippen LogP contribution >= 0.6 is 0 Å². The van der Waals surface area contributed by atoms with E-state index in [9.17, 15) is 0 Å². The van der Waals surface area contributed by atoms with Gasteiger partial charge >= 0.3 is 0 Å². The molecule has 0 aliphatic carbocycles. The standard InChI is InChI=1S/C12H17NO2/c1-8-6-10-9(7-13-8)4-5-11(14-2)12(10)15-3/h4-5,8,13H,6-7H2,1-3H3. The van der Waals surface area contributed by atoms with E-state index in [1.54, 1.807) is 14.2 Å². The first-order valence-electron chi connectivity index (χ1n) is 5.22. The topological polar surface area (TPSA) is 30.5 Å². The number of benzene rings is 1. The van der Waals surface area contributed by atoms with Gasteiger partial charge in [-0.05, 0) is 25.0 Å². The molecule has 15 heavy (non-hydrogen) atoms. The molecule has 1 atom stereocenters. The van der Waals surface area contributed by atoms with Crippen molar-refractivity contribution in [2.45, 2.75) is 25.9 Å². The molecule has 0 fully saturated rings. The lowest BCUT2D eigenvalue weighted by molar-refractivity contribution is 0.346. The number of hydrogen-bond acceptors (Lipinski definition) is 3. The fourth-order valence-corrected chi connectivity index (χ4v) is 2.08. The predicted octanol–water partition coefficient (Wildman–Crippen LogP) is 1.74. The summed E-state index contributed by atoms with van der Waals surface area (Å²) in [4.78, 5) is 0. The number of ether oxygens (including phenoxy) is 2. The van der Waals surface area contributed by atoms with Gasteiger partial charge in [-0.3, -0.25) is 0 Å². The second-order valence-electron chi connectivity index (χ2n) is 3.92. The lowest BCUT2D eigenvalue weighted by Crippen LogP contribution is -2.33. The van der Waals surface area contributed by atoms with E-state index < -0.39 is 0 Å². The average Bonchev–Trinajstić information content (AvgIpc) is 2.27. The van der Waals surface area contributed by atoms with Crippen LogP contribution in [0, 0.1) is 0 Å². The van der Waals surface area contributed by atoms with Crippen LogP contribution in [0.5, 0.6) is 11.5 Å². The zero-order valence-corrected chi connectivity index (χ0v) is 9.46. The van der Waals surface area contributed by atoms with Crippen LogP contribution < -0.4 is 14.8 Å². The van der Waals surface area contributed by atoms with E-state index in [4.69, 9.17) is 9.47 Å². The molecular formula is C12H17NO2. The molecule has 1 unspecified atom stereocenters. The van der Waals surface area contributed by atoms with Crippen molar-refractivity contribution in [1.29, 1.82) is 0 Å². The highest BCUT2D eigenvalue weighted by atomic mass is 16.5. The van der Waals surface area contributed by atoms with E-state index in [0.717, 1.165) is 24.5 Å². The van der Waals surface area contributed by atoms with Gasteiger partial charge in [0, 0.05) is 18.2 Å². The van der Waals surface area contributed by atoms with E-state index in [1.807, 2.05) is 6.07 Å². The third kappa shape index (κ3) is 1.79. The van der Waals surface area contributed by atoms with Crippen LogP contribution in [0.15, 0.2) is 12.1 Å². The monoisotopic (exact) mass is 207 g/mol. The predicted molar refractivity (Wildman–Crippen MR) is 59.6 cm³/mol. The summed E-state index contributed by atoms with van der Waals surface area (Å²) in [5.41, 5.74) is 2.59. The Morgan fingerprint density at radius 2 is 2.07 bits per heavy atom. The number of hydrogen-bond donors (Lipinski definition) is 1. The highest BCUT2D eigenvalue weighted by molar-refractivity contribution is 5.51. The number of fused-ring (bicyclic) bond motifs is 1. The van der Waals surface area contributed by atoms with Crippen molar-refractivity contribution in [3.05, 3.63) is 23.3 Å². The average molecular weight is 207 g/mol. The smallest absolute Gasteiger partial charge is 0.164 e. The van der Waals surface area contributed by atoms with Crippen LogP contribution in [0.1, 0.15) is 18.1 Å². The molecule has 1 aromatic carbocycles. The molecular weight excluding hydrogens is 190 g/mol. The minimum Gasteiger partial charge on any atom is -0.493 e. The molecule has 2 rings (SSSR count). The fraction of sp³-hybridized carbons (Fsp3) is 0.500. The lowest BCUT2D eigenvalue weighted by atomic mass is 9.95. The molecule has 3 nitrogen and oxygen atoms in total. The van der Waals surface area contributed by atoms with E-state index in [-0.39, 0.29) is 0 Å². The Hall–Kier alpha value is -1.22. The van der Waals surface area contributed by atoms with Gasteiger partial charge in [0.15, 0.2) is 11.5 Å². The van der Waals surface area contributed by atoms with Crippen molar-refractivity contribution < 1.29 is 9.47 Å². The van der Waals surface area contributed by atoms with Gasteiger partial charge in [0.2, 0.25) is 0 Å². The minimum absolute atomic E-state index is 0.499. The molecule has 0 bridgehead atoms. The number of nitrogens with one attached hydrogen (secondary N) is 1. The van der Waals surface area contributed by atoms with Gasteiger partial charge in [-0.1, -0.05) is 6.07 Å². The Kier molecular flexibility index (Phi) is 2.82. The van der Waals surface area contributed by atoms with Crippen LogP contribution in [0.4, 0.5) is 0 Å². The van der Waals surface area contributed by atoms with Crippen molar-refractivity contribution in [3.63, 3.8) is 0 Å². The van der Waals surface area contributed by atoms with Gasteiger partial charge < -0.3 is 14.8 Å². The first-order valence-corrected chi connectivity index (χ1v) is 5.22. The molecule has 0 aromatic heterocycles.